The molecule has 5 nitrogen and oxygen atoms in total. The van der Waals surface area contributed by atoms with Gasteiger partial charge in [0, 0.05) is 22.4 Å². The first-order valence-electron chi connectivity index (χ1n) is 9.52. The topological polar surface area (TPSA) is 63.0 Å². The molecule has 0 aromatic heterocycles. The smallest absolute Gasteiger partial charge is 0.257 e. The van der Waals surface area contributed by atoms with Gasteiger partial charge in [-0.1, -0.05) is 32.0 Å². The van der Waals surface area contributed by atoms with Crippen LogP contribution in [0.5, 0.6) is 0 Å². The van der Waals surface area contributed by atoms with Crippen LogP contribution >= 0.6 is 0 Å². The summed E-state index contributed by atoms with van der Waals surface area (Å²) in [7, 11) is 0. The lowest BCUT2D eigenvalue weighted by molar-refractivity contribution is -0.176. The van der Waals surface area contributed by atoms with Gasteiger partial charge in [-0.2, -0.15) is 10.2 Å². The third kappa shape index (κ3) is 2.00. The van der Waals surface area contributed by atoms with Crippen LogP contribution in [-0.2, 0) is 9.53 Å². The minimum absolute atomic E-state index is 0.00105. The predicted octanol–water partition coefficient (Wildman–Crippen LogP) is 5.25. The molecule has 27 heavy (non-hydrogen) atoms. The highest BCUT2D eigenvalue weighted by molar-refractivity contribution is 6.00. The number of nitrogens with zero attached hydrogens (tertiary/aromatic N) is 2. The summed E-state index contributed by atoms with van der Waals surface area (Å²) in [6, 6.07) is 17.1. The van der Waals surface area contributed by atoms with E-state index in [9.17, 15) is 4.79 Å². The van der Waals surface area contributed by atoms with Crippen LogP contribution in [0.3, 0.4) is 0 Å². The molecule has 0 unspecified atom stereocenters. The van der Waals surface area contributed by atoms with E-state index in [1.165, 1.54) is 0 Å². The molecule has 3 aliphatic carbocycles. The van der Waals surface area contributed by atoms with E-state index in [2.05, 4.69) is 29.4 Å². The lowest BCUT2D eigenvalue weighted by atomic mass is 9.44. The van der Waals surface area contributed by atoms with E-state index in [4.69, 9.17) is 4.74 Å². The summed E-state index contributed by atoms with van der Waals surface area (Å²) >= 11 is 0. The van der Waals surface area contributed by atoms with Gasteiger partial charge in [-0.25, -0.2) is 0 Å². The normalized spacial score (nSPS) is 36.0. The van der Waals surface area contributed by atoms with Crippen LogP contribution in [0.25, 0.3) is 0 Å². The van der Waals surface area contributed by atoms with Gasteiger partial charge in [-0.05, 0) is 49.2 Å². The van der Waals surface area contributed by atoms with Crippen molar-refractivity contribution in [2.75, 3.05) is 11.9 Å². The molecule has 5 heteroatoms. The van der Waals surface area contributed by atoms with Crippen molar-refractivity contribution in [1.29, 1.82) is 0 Å². The Labute approximate surface area is 158 Å². The Bertz CT molecular complexity index is 926. The van der Waals surface area contributed by atoms with Crippen LogP contribution in [-0.4, -0.2) is 18.1 Å². The Hall–Kier alpha value is -2.53. The average molecular weight is 361 g/mol. The number of fused-ring (bicyclic) bond motifs is 2. The Morgan fingerprint density at radius 1 is 1.04 bits per heavy atom. The minimum Gasteiger partial charge on any atom is -0.364 e. The molecule has 2 aromatic rings. The van der Waals surface area contributed by atoms with Crippen LogP contribution in [0.15, 0.2) is 64.8 Å². The van der Waals surface area contributed by atoms with Gasteiger partial charge in [0.25, 0.3) is 5.91 Å². The molecule has 138 valence electrons. The zero-order valence-electron chi connectivity index (χ0n) is 15.6. The third-order valence-electron chi connectivity index (χ3n) is 7.37. The quantitative estimate of drug-likeness (QED) is 0.756. The van der Waals surface area contributed by atoms with Crippen molar-refractivity contribution in [2.24, 2.45) is 27.0 Å². The maximum Gasteiger partial charge on any atom is 0.257 e. The Morgan fingerprint density at radius 2 is 1.70 bits per heavy atom. The second-order valence-electron chi connectivity index (χ2n) is 8.40. The number of carbonyl (C=O) groups excluding carboxylic acids is 1. The first kappa shape index (κ1) is 16.6. The van der Waals surface area contributed by atoms with Crippen molar-refractivity contribution < 1.29 is 9.53 Å². The lowest BCUT2D eigenvalue weighted by Gasteiger charge is -2.58. The minimum atomic E-state index is -0.645. The van der Waals surface area contributed by atoms with E-state index >= 15 is 0 Å². The van der Waals surface area contributed by atoms with Gasteiger partial charge in [0.15, 0.2) is 5.60 Å². The van der Waals surface area contributed by atoms with Crippen LogP contribution in [0.1, 0.15) is 26.7 Å². The summed E-state index contributed by atoms with van der Waals surface area (Å²) in [4.78, 5) is 13.1. The monoisotopic (exact) mass is 361 g/mol. The highest BCUT2D eigenvalue weighted by Crippen LogP contribution is 2.81. The molecule has 1 N–H and O–H groups in total. The lowest BCUT2D eigenvalue weighted by Crippen LogP contribution is -2.69. The van der Waals surface area contributed by atoms with E-state index in [1.54, 1.807) is 0 Å². The summed E-state index contributed by atoms with van der Waals surface area (Å²) in [5.74, 6) is 0.343. The summed E-state index contributed by atoms with van der Waals surface area (Å²) in [5, 5.41) is 11.5. The summed E-state index contributed by atoms with van der Waals surface area (Å²) < 4.78 is 6.11. The summed E-state index contributed by atoms with van der Waals surface area (Å²) in [5.41, 5.74) is 1.79. The van der Waals surface area contributed by atoms with E-state index in [0.29, 0.717) is 12.5 Å². The molecule has 7 rings (SSSR count). The number of anilines is 1. The molecule has 2 aliphatic heterocycles. The van der Waals surface area contributed by atoms with Crippen molar-refractivity contribution >= 4 is 23.0 Å². The maximum absolute atomic E-state index is 13.1. The van der Waals surface area contributed by atoms with Crippen LogP contribution in [0, 0.1) is 16.7 Å². The van der Waals surface area contributed by atoms with Gasteiger partial charge in [0.1, 0.15) is 0 Å². The molecule has 1 amide bonds. The van der Waals surface area contributed by atoms with Gasteiger partial charge >= 0.3 is 0 Å². The first-order chi connectivity index (χ1) is 13.0. The number of benzene rings is 2. The summed E-state index contributed by atoms with van der Waals surface area (Å²) in [6.45, 7) is 5.19. The highest BCUT2D eigenvalue weighted by atomic mass is 16.5. The SMILES string of the molecule is C[C@@]12CC[C@@H]3[C@]1(C)CO[C@]32C(=O)Nc1ccc(N=Nc2ccccc2)cc1. The second kappa shape index (κ2) is 5.49. The number of nitrogens with one attached hydrogen (secondary N) is 1. The Balaban J connectivity index is 1.30. The molecule has 2 heterocycles. The van der Waals surface area contributed by atoms with Crippen LogP contribution < -0.4 is 5.32 Å². The van der Waals surface area contributed by atoms with E-state index < -0.39 is 5.60 Å². The molecular formula is C22H23N3O2. The van der Waals surface area contributed by atoms with Crippen molar-refractivity contribution in [3.8, 4) is 0 Å². The van der Waals surface area contributed by atoms with Crippen LogP contribution in [0.4, 0.5) is 17.1 Å². The van der Waals surface area contributed by atoms with Gasteiger partial charge in [0.05, 0.1) is 18.0 Å². The zero-order chi connectivity index (χ0) is 18.7. The first-order valence-corrected chi connectivity index (χ1v) is 9.52. The second-order valence-corrected chi connectivity index (χ2v) is 8.40. The van der Waals surface area contributed by atoms with Crippen molar-refractivity contribution in [3.05, 3.63) is 54.6 Å². The van der Waals surface area contributed by atoms with E-state index in [0.717, 1.165) is 29.9 Å². The van der Waals surface area contributed by atoms with Crippen molar-refractivity contribution in [3.63, 3.8) is 0 Å². The van der Waals surface area contributed by atoms with E-state index in [1.807, 2.05) is 54.6 Å². The third-order valence-corrected chi connectivity index (χ3v) is 7.37. The average Bonchev–Trinajstić information content (AvgIpc) is 3.34. The largest absolute Gasteiger partial charge is 0.364 e. The zero-order valence-corrected chi connectivity index (χ0v) is 15.6. The summed E-state index contributed by atoms with van der Waals surface area (Å²) in [6.07, 6.45) is 2.15. The fourth-order valence-corrected chi connectivity index (χ4v) is 5.69. The van der Waals surface area contributed by atoms with Crippen molar-refractivity contribution in [2.45, 2.75) is 32.3 Å². The van der Waals surface area contributed by atoms with Gasteiger partial charge in [0.2, 0.25) is 0 Å². The molecule has 2 saturated heterocycles. The fourth-order valence-electron chi connectivity index (χ4n) is 5.69. The number of rotatable bonds is 4. The Kier molecular flexibility index (Phi) is 3.38. The fraction of sp³-hybridized carbons (Fsp3) is 0.409. The van der Waals surface area contributed by atoms with Gasteiger partial charge in [-0.15, -0.1) is 0 Å². The van der Waals surface area contributed by atoms with Gasteiger partial charge < -0.3 is 10.1 Å². The molecule has 2 aromatic carbocycles. The van der Waals surface area contributed by atoms with Crippen molar-refractivity contribution in [1.82, 2.24) is 0 Å². The number of ether oxygens (including phenoxy) is 1. The molecule has 3 saturated carbocycles. The number of hydrogen-bond donors (Lipinski definition) is 1. The highest BCUT2D eigenvalue weighted by Gasteiger charge is 2.87. The number of hydrogen-bond acceptors (Lipinski definition) is 4. The molecule has 0 spiro atoms. The Morgan fingerprint density at radius 3 is 2.33 bits per heavy atom. The number of carbonyl (C=O) groups is 1. The molecular weight excluding hydrogens is 338 g/mol. The predicted molar refractivity (Wildman–Crippen MR) is 103 cm³/mol. The molecule has 5 aliphatic rings. The standard InChI is InChI=1S/C22H23N3O2/c1-20-14-27-22(18(20)12-13-21(20,22)2)19(26)23-15-8-10-17(11-9-15)25-24-16-6-4-3-5-7-16/h3-11,18H,12-14H2,1-2H3,(H,23,26)/t18-,20+,21-,22+/m1/s1. The number of azo groups is 1. The molecule has 5 fully saturated rings. The van der Waals surface area contributed by atoms with E-state index in [-0.39, 0.29) is 16.7 Å². The molecule has 4 bridgehead atoms. The van der Waals surface area contributed by atoms with Crippen LogP contribution in [0.2, 0.25) is 0 Å². The van der Waals surface area contributed by atoms with Gasteiger partial charge in [-0.3, -0.25) is 4.79 Å². The molecule has 4 atom stereocenters. The maximum atomic E-state index is 13.1. The molecule has 0 radical (unpaired) electrons. The number of amides is 1.